The monoisotopic (exact) mass is 295 g/mol. The summed E-state index contributed by atoms with van der Waals surface area (Å²) >= 11 is 0. The molecule has 1 atom stereocenters. The topological polar surface area (TPSA) is 19.4 Å². The Hall–Kier alpha value is -1.71. The fourth-order valence-electron chi connectivity index (χ4n) is 3.26. The first-order chi connectivity index (χ1) is 10.8. The lowest BCUT2D eigenvalue weighted by Gasteiger charge is -2.37. The van der Waals surface area contributed by atoms with Gasteiger partial charge in [-0.2, -0.15) is 0 Å². The number of hydrogen-bond donors (Lipinski definition) is 0. The van der Waals surface area contributed by atoms with Crippen molar-refractivity contribution in [3.05, 3.63) is 66.0 Å². The smallest absolute Gasteiger partial charge is 0.0543 e. The van der Waals surface area contributed by atoms with E-state index in [9.17, 15) is 0 Å². The first-order valence-corrected chi connectivity index (χ1v) is 8.18. The zero-order valence-electron chi connectivity index (χ0n) is 13.4. The number of nitrogens with zero attached hydrogens (tertiary/aromatic N) is 3. The van der Waals surface area contributed by atoms with Crippen LogP contribution in [-0.4, -0.2) is 41.0 Å². The van der Waals surface area contributed by atoms with E-state index in [2.05, 4.69) is 64.3 Å². The maximum atomic E-state index is 4.46. The number of pyridine rings is 1. The Kier molecular flexibility index (Phi) is 5.20. The fourth-order valence-corrected chi connectivity index (χ4v) is 3.26. The average molecular weight is 295 g/mol. The Morgan fingerprint density at radius 3 is 2.73 bits per heavy atom. The first kappa shape index (κ1) is 15.2. The van der Waals surface area contributed by atoms with Crippen molar-refractivity contribution >= 4 is 0 Å². The number of rotatable bonds is 5. The molecule has 0 N–H and O–H groups in total. The van der Waals surface area contributed by atoms with Crippen molar-refractivity contribution in [3.8, 4) is 0 Å². The molecule has 3 heteroatoms. The van der Waals surface area contributed by atoms with Crippen LogP contribution in [0.25, 0.3) is 0 Å². The molecule has 0 bridgehead atoms. The molecule has 0 spiro atoms. The average Bonchev–Trinajstić information content (AvgIpc) is 2.57. The Morgan fingerprint density at radius 2 is 1.95 bits per heavy atom. The van der Waals surface area contributed by atoms with Gasteiger partial charge >= 0.3 is 0 Å². The highest BCUT2D eigenvalue weighted by Crippen LogP contribution is 2.18. The minimum atomic E-state index is 0.637. The molecule has 22 heavy (non-hydrogen) atoms. The molecule has 1 fully saturated rings. The molecule has 1 aliphatic rings. The van der Waals surface area contributed by atoms with Crippen LogP contribution in [0.1, 0.15) is 24.1 Å². The van der Waals surface area contributed by atoms with E-state index in [1.807, 2.05) is 12.3 Å². The highest BCUT2D eigenvalue weighted by molar-refractivity contribution is 5.14. The lowest BCUT2D eigenvalue weighted by Crippen LogP contribution is -2.45. The summed E-state index contributed by atoms with van der Waals surface area (Å²) < 4.78 is 0. The maximum absolute atomic E-state index is 4.46. The van der Waals surface area contributed by atoms with E-state index in [1.54, 1.807) is 0 Å². The second kappa shape index (κ2) is 7.52. The van der Waals surface area contributed by atoms with Crippen LogP contribution in [0.3, 0.4) is 0 Å². The maximum Gasteiger partial charge on any atom is 0.0543 e. The van der Waals surface area contributed by atoms with Crippen molar-refractivity contribution in [1.29, 1.82) is 0 Å². The summed E-state index contributed by atoms with van der Waals surface area (Å²) in [7, 11) is 2.25. The second-order valence-electron chi connectivity index (χ2n) is 6.25. The molecule has 3 nitrogen and oxygen atoms in total. The number of benzene rings is 1. The van der Waals surface area contributed by atoms with E-state index in [0.29, 0.717) is 6.04 Å². The predicted molar refractivity (Wildman–Crippen MR) is 90.4 cm³/mol. The highest BCUT2D eigenvalue weighted by Gasteiger charge is 2.23. The summed E-state index contributed by atoms with van der Waals surface area (Å²) in [5, 5.41) is 0. The summed E-state index contributed by atoms with van der Waals surface area (Å²) in [6, 6.07) is 17.6. The van der Waals surface area contributed by atoms with Crippen molar-refractivity contribution < 1.29 is 0 Å². The molecule has 0 radical (unpaired) electrons. The van der Waals surface area contributed by atoms with Crippen molar-refractivity contribution in [2.75, 3.05) is 20.1 Å². The van der Waals surface area contributed by atoms with E-state index in [1.165, 1.54) is 30.6 Å². The van der Waals surface area contributed by atoms with Crippen molar-refractivity contribution in [1.82, 2.24) is 14.8 Å². The van der Waals surface area contributed by atoms with Gasteiger partial charge in [-0.05, 0) is 44.1 Å². The zero-order chi connectivity index (χ0) is 15.2. The third kappa shape index (κ3) is 4.15. The van der Waals surface area contributed by atoms with Gasteiger partial charge in [-0.1, -0.05) is 36.4 Å². The molecule has 0 aliphatic carbocycles. The van der Waals surface area contributed by atoms with Gasteiger partial charge in [0, 0.05) is 31.9 Å². The molecule has 1 unspecified atom stereocenters. The molecule has 3 rings (SSSR count). The number of hydrogen-bond acceptors (Lipinski definition) is 3. The molecule has 1 aromatic heterocycles. The number of likely N-dealkylation sites (N-methyl/N-ethyl adjacent to an activating group) is 1. The summed E-state index contributed by atoms with van der Waals surface area (Å²) in [5.41, 5.74) is 2.57. The predicted octanol–water partition coefficient (Wildman–Crippen LogP) is 3.18. The van der Waals surface area contributed by atoms with Gasteiger partial charge in [-0.25, -0.2) is 0 Å². The van der Waals surface area contributed by atoms with Crippen LogP contribution in [0, 0.1) is 0 Å². The number of piperidine rings is 1. The van der Waals surface area contributed by atoms with Crippen LogP contribution in [-0.2, 0) is 13.1 Å². The molecule has 0 amide bonds. The molecule has 1 aromatic carbocycles. The van der Waals surface area contributed by atoms with Crippen molar-refractivity contribution in [3.63, 3.8) is 0 Å². The lowest BCUT2D eigenvalue weighted by molar-refractivity contribution is 0.106. The third-order valence-electron chi connectivity index (χ3n) is 4.49. The SMILES string of the molecule is CN(Cc1ccccc1)C1CCCN(Cc2ccccn2)C1. The van der Waals surface area contributed by atoms with Crippen LogP contribution >= 0.6 is 0 Å². The van der Waals surface area contributed by atoms with Gasteiger partial charge in [-0.15, -0.1) is 0 Å². The summed E-state index contributed by atoms with van der Waals surface area (Å²) in [5.74, 6) is 0. The quantitative estimate of drug-likeness (QED) is 0.844. The van der Waals surface area contributed by atoms with Gasteiger partial charge in [0.05, 0.1) is 5.69 Å². The van der Waals surface area contributed by atoms with Crippen LogP contribution in [0.4, 0.5) is 0 Å². The third-order valence-corrected chi connectivity index (χ3v) is 4.49. The van der Waals surface area contributed by atoms with Gasteiger partial charge in [0.2, 0.25) is 0 Å². The first-order valence-electron chi connectivity index (χ1n) is 8.18. The molecule has 1 saturated heterocycles. The molecule has 2 aromatic rings. The molecule has 1 aliphatic heterocycles. The van der Waals surface area contributed by atoms with Gasteiger partial charge < -0.3 is 0 Å². The van der Waals surface area contributed by atoms with Crippen LogP contribution in [0.5, 0.6) is 0 Å². The molecule has 116 valence electrons. The second-order valence-corrected chi connectivity index (χ2v) is 6.25. The zero-order valence-corrected chi connectivity index (χ0v) is 13.4. The lowest BCUT2D eigenvalue weighted by atomic mass is 10.0. The van der Waals surface area contributed by atoms with E-state index < -0.39 is 0 Å². The minimum absolute atomic E-state index is 0.637. The van der Waals surface area contributed by atoms with Crippen LogP contribution < -0.4 is 0 Å². The Morgan fingerprint density at radius 1 is 1.14 bits per heavy atom. The van der Waals surface area contributed by atoms with Gasteiger partial charge in [0.1, 0.15) is 0 Å². The molecular weight excluding hydrogens is 270 g/mol. The highest BCUT2D eigenvalue weighted by atomic mass is 15.2. The van der Waals surface area contributed by atoms with Crippen molar-refractivity contribution in [2.45, 2.75) is 32.0 Å². The van der Waals surface area contributed by atoms with E-state index in [-0.39, 0.29) is 0 Å². The van der Waals surface area contributed by atoms with Gasteiger partial charge in [0.15, 0.2) is 0 Å². The molecule has 0 saturated carbocycles. The molecule has 2 heterocycles. The largest absolute Gasteiger partial charge is 0.298 e. The van der Waals surface area contributed by atoms with E-state index in [4.69, 9.17) is 0 Å². The number of likely N-dealkylation sites (tertiary alicyclic amines) is 1. The Labute approximate surface area is 133 Å². The Bertz CT molecular complexity index is 516. The van der Waals surface area contributed by atoms with Crippen LogP contribution in [0.2, 0.25) is 0 Å². The summed E-state index contributed by atoms with van der Waals surface area (Å²) in [4.78, 5) is 9.49. The van der Waals surface area contributed by atoms with E-state index >= 15 is 0 Å². The Balaban J connectivity index is 1.56. The fraction of sp³-hybridized carbons (Fsp3) is 0.421. The van der Waals surface area contributed by atoms with E-state index in [0.717, 1.165) is 19.6 Å². The summed E-state index contributed by atoms with van der Waals surface area (Å²) in [6.07, 6.45) is 4.46. The van der Waals surface area contributed by atoms with Crippen LogP contribution in [0.15, 0.2) is 54.7 Å². The number of aromatic nitrogens is 1. The normalized spacial score (nSPS) is 19.5. The van der Waals surface area contributed by atoms with Gasteiger partial charge in [0.25, 0.3) is 0 Å². The van der Waals surface area contributed by atoms with Gasteiger partial charge in [-0.3, -0.25) is 14.8 Å². The van der Waals surface area contributed by atoms with Crippen molar-refractivity contribution in [2.24, 2.45) is 0 Å². The molecular formula is C19H25N3. The standard InChI is InChI=1S/C19H25N3/c1-21(14-17-8-3-2-4-9-17)19-11-7-13-22(16-19)15-18-10-5-6-12-20-18/h2-6,8-10,12,19H,7,11,13-16H2,1H3. The minimum Gasteiger partial charge on any atom is -0.298 e. The summed E-state index contributed by atoms with van der Waals surface area (Å²) in [6.45, 7) is 4.33.